The number of hydrogen-bond acceptors (Lipinski definition) is 1. The lowest BCUT2D eigenvalue weighted by Gasteiger charge is -2.21. The van der Waals surface area contributed by atoms with Gasteiger partial charge in [0.1, 0.15) is 0 Å². The summed E-state index contributed by atoms with van der Waals surface area (Å²) in [4.78, 5) is -0.0326. The smallest absolute Gasteiger partial charge is 0.0635 e. The Labute approximate surface area is 285 Å². The van der Waals surface area contributed by atoms with Gasteiger partial charge in [-0.05, 0) is 100 Å². The third-order valence-corrected chi connectivity index (χ3v) is 8.65. The van der Waals surface area contributed by atoms with Crippen LogP contribution < -0.4 is 0 Å². The number of benzene rings is 9. The van der Waals surface area contributed by atoms with Crippen molar-refractivity contribution in [3.8, 4) is 33.4 Å². The number of rotatable bonds is 2. The first-order valence-corrected chi connectivity index (χ1v) is 13.8. The van der Waals surface area contributed by atoms with Crippen molar-refractivity contribution in [2.45, 2.75) is 9.79 Å². The summed E-state index contributed by atoms with van der Waals surface area (Å²) in [6.45, 7) is 0. The summed E-state index contributed by atoms with van der Waals surface area (Å²) < 4.78 is 207. The summed E-state index contributed by atoms with van der Waals surface area (Å²) in [5.41, 5.74) is -2.19. The molecule has 0 spiro atoms. The van der Waals surface area contributed by atoms with Crippen LogP contribution in [-0.2, 0) is 0 Å². The van der Waals surface area contributed by atoms with E-state index in [9.17, 15) is 12.3 Å². The van der Waals surface area contributed by atoms with E-state index in [-0.39, 0.29) is 58.8 Å². The van der Waals surface area contributed by atoms with Crippen molar-refractivity contribution in [3.05, 3.63) is 145 Å². The molecule has 1 aliphatic rings. The zero-order chi connectivity index (χ0) is 48.1. The lowest BCUT2D eigenvalue weighted by atomic mass is 9.86. The Balaban J connectivity index is 1.42. The van der Waals surface area contributed by atoms with Gasteiger partial charge in [-0.3, -0.25) is 0 Å². The molecule has 0 N–H and O–H groups in total. The molecular formula is C42H24S. The highest BCUT2D eigenvalue weighted by atomic mass is 32.2. The van der Waals surface area contributed by atoms with Crippen LogP contribution in [0.1, 0.15) is 31.5 Å². The van der Waals surface area contributed by atoms with Crippen LogP contribution in [0.4, 0.5) is 0 Å². The van der Waals surface area contributed by atoms with E-state index in [1.807, 2.05) is 0 Å². The van der Waals surface area contributed by atoms with Crippen molar-refractivity contribution in [2.24, 2.45) is 0 Å². The molecule has 0 aromatic heterocycles. The molecule has 0 radical (unpaired) electrons. The van der Waals surface area contributed by atoms with Crippen LogP contribution in [-0.4, -0.2) is 0 Å². The molecule has 0 fully saturated rings. The first-order valence-electron chi connectivity index (χ1n) is 24.5. The average Bonchev–Trinajstić information content (AvgIpc) is 3.28. The fraction of sp³-hybridized carbons (Fsp3) is 0. The van der Waals surface area contributed by atoms with Crippen molar-refractivity contribution in [3.63, 3.8) is 0 Å². The van der Waals surface area contributed by atoms with Gasteiger partial charge in [-0.1, -0.05) is 139 Å². The second kappa shape index (κ2) is 8.70. The molecule has 0 unspecified atom stereocenters. The van der Waals surface area contributed by atoms with Gasteiger partial charge in [0.25, 0.3) is 0 Å². The molecule has 9 aromatic carbocycles. The van der Waals surface area contributed by atoms with Crippen molar-refractivity contribution in [1.82, 2.24) is 0 Å². The highest BCUT2D eigenvalue weighted by molar-refractivity contribution is 7.99. The molecule has 1 heteroatoms. The molecule has 0 saturated carbocycles. The summed E-state index contributed by atoms with van der Waals surface area (Å²) in [7, 11) is 0. The molecule has 198 valence electrons. The normalized spacial score (nSPS) is 20.0. The van der Waals surface area contributed by atoms with E-state index >= 15 is 0 Å². The minimum Gasteiger partial charge on any atom is -0.0888 e. The monoisotopic (exact) mass is 583 g/mol. The highest BCUT2D eigenvalue weighted by Crippen LogP contribution is 2.49. The molecule has 1 aliphatic heterocycles. The lowest BCUT2D eigenvalue weighted by molar-refractivity contribution is 1.40. The molecule has 43 heavy (non-hydrogen) atoms. The summed E-state index contributed by atoms with van der Waals surface area (Å²) >= 11 is 0.764. The first-order chi connectivity index (χ1) is 30.9. The van der Waals surface area contributed by atoms with Crippen molar-refractivity contribution < 1.29 is 31.5 Å². The zero-order valence-electron chi connectivity index (χ0n) is 44.5. The summed E-state index contributed by atoms with van der Waals surface area (Å²) in [5.74, 6) is 0. The van der Waals surface area contributed by atoms with Crippen molar-refractivity contribution in [1.29, 1.82) is 0 Å². The molecule has 0 saturated heterocycles. The predicted octanol–water partition coefficient (Wildman–Crippen LogP) is 12.4. The Morgan fingerprint density at radius 3 is 1.79 bits per heavy atom. The van der Waals surface area contributed by atoms with Gasteiger partial charge in [0.15, 0.2) is 0 Å². The van der Waals surface area contributed by atoms with Crippen molar-refractivity contribution in [2.75, 3.05) is 0 Å². The molecule has 9 aromatic rings. The van der Waals surface area contributed by atoms with Gasteiger partial charge >= 0.3 is 0 Å². The Hall–Kier alpha value is -5.11. The second-order valence-electron chi connectivity index (χ2n) is 9.86. The molecule has 1 heterocycles. The zero-order valence-corrected chi connectivity index (χ0v) is 22.3. The average molecular weight is 584 g/mol. The van der Waals surface area contributed by atoms with Gasteiger partial charge in [-0.2, -0.15) is 0 Å². The van der Waals surface area contributed by atoms with Gasteiger partial charge < -0.3 is 0 Å². The second-order valence-corrected chi connectivity index (χ2v) is 10.9. The number of fused-ring (bicyclic) bond motifs is 3. The minimum absolute atomic E-state index is 0.00192. The van der Waals surface area contributed by atoms with Gasteiger partial charge in [0.05, 0.1) is 31.5 Å². The standard InChI is InChI=1S/C42H24S/c1-2-11-32-31(10-1)30(29-18-23-38-37(24-29)35-12-4-8-25-9-5-13-39(43-38)41(25)35)21-22-33(32)34-19-16-28-15-14-26-6-3-7-27-17-20-36(34)42(28)40(26)27/h1-24H/i1D,2D,3D,4D,5D,6D,7D,8D,9D,10D,11D,12D,13D,14D,15D,16D,17D,18D,19D,20D,21D,22D,23D. The maximum absolute atomic E-state index is 9.66. The van der Waals surface area contributed by atoms with Crippen LogP contribution in [0.5, 0.6) is 0 Å². The van der Waals surface area contributed by atoms with Gasteiger partial charge in [-0.15, -0.1) is 0 Å². The lowest BCUT2D eigenvalue weighted by Crippen LogP contribution is -1.94. The van der Waals surface area contributed by atoms with Crippen molar-refractivity contribution >= 4 is 65.6 Å². The Morgan fingerprint density at radius 2 is 0.953 bits per heavy atom. The molecular weight excluding hydrogens is 537 g/mol. The van der Waals surface area contributed by atoms with Crippen LogP contribution in [0.2, 0.25) is 0 Å². The van der Waals surface area contributed by atoms with Gasteiger partial charge in [0, 0.05) is 15.2 Å². The van der Waals surface area contributed by atoms with E-state index in [0.717, 1.165) is 11.8 Å². The maximum atomic E-state index is 9.66. The largest absolute Gasteiger partial charge is 0.0888 e. The van der Waals surface area contributed by atoms with E-state index < -0.39 is 177 Å². The van der Waals surface area contributed by atoms with Crippen LogP contribution in [0, 0.1) is 0 Å². The summed E-state index contributed by atoms with van der Waals surface area (Å²) in [6, 6.07) is -14.8. The highest BCUT2D eigenvalue weighted by Gasteiger charge is 2.20. The molecule has 0 aliphatic carbocycles. The van der Waals surface area contributed by atoms with Gasteiger partial charge in [-0.25, -0.2) is 0 Å². The summed E-state index contributed by atoms with van der Waals surface area (Å²) in [5, 5.41) is -3.30. The van der Waals surface area contributed by atoms with E-state index in [4.69, 9.17) is 19.2 Å². The topological polar surface area (TPSA) is 0 Å². The van der Waals surface area contributed by atoms with E-state index in [2.05, 4.69) is 0 Å². The maximum Gasteiger partial charge on any atom is 0.0635 e. The van der Waals surface area contributed by atoms with E-state index in [1.165, 1.54) is 6.07 Å². The molecule has 0 bridgehead atoms. The van der Waals surface area contributed by atoms with E-state index in [0.29, 0.717) is 0 Å². The third-order valence-electron chi connectivity index (χ3n) is 7.61. The quantitative estimate of drug-likeness (QED) is 0.182. The molecule has 10 rings (SSSR count). The first kappa shape index (κ1) is 10.6. The van der Waals surface area contributed by atoms with Crippen LogP contribution in [0.3, 0.4) is 0 Å². The fourth-order valence-electron chi connectivity index (χ4n) is 5.74. The minimum atomic E-state index is -0.876. The molecule has 0 atom stereocenters. The van der Waals surface area contributed by atoms with E-state index in [1.54, 1.807) is 0 Å². The Bertz CT molecular complexity index is 3850. The third kappa shape index (κ3) is 3.29. The Kier molecular flexibility index (Phi) is 2.14. The van der Waals surface area contributed by atoms with Crippen LogP contribution in [0.25, 0.3) is 87.2 Å². The molecule has 0 nitrogen and oxygen atoms in total. The SMILES string of the molecule is [2H]c1c(-c2c([2H])c([2H])c(-c3c([2H])c([2H])c4c([2H])c([2H])c5c([2H])c([2H])c([2H])c6c([2H])c([2H])c3c4c56)c3c([2H])c([2H])c([2H])c([2H])c23)cc2c(c1[2H])Sc1c([2H])c([2H])c([2H])c3c([2H])c([2H])c([2H])c-2c13. The Morgan fingerprint density at radius 1 is 0.349 bits per heavy atom. The fourth-order valence-corrected chi connectivity index (χ4v) is 6.72. The van der Waals surface area contributed by atoms with Crippen LogP contribution in [0.15, 0.2) is 155 Å². The van der Waals surface area contributed by atoms with Gasteiger partial charge in [0.2, 0.25) is 0 Å². The summed E-state index contributed by atoms with van der Waals surface area (Å²) in [6.07, 6.45) is 0. The van der Waals surface area contributed by atoms with Crippen LogP contribution >= 0.6 is 11.8 Å². The predicted molar refractivity (Wildman–Crippen MR) is 186 cm³/mol. The number of hydrogen-bond donors (Lipinski definition) is 0. The molecule has 0 amide bonds.